The van der Waals surface area contributed by atoms with Crippen molar-refractivity contribution in [2.24, 2.45) is 10.7 Å². The van der Waals surface area contributed by atoms with Crippen molar-refractivity contribution in [3.63, 3.8) is 0 Å². The Hall–Kier alpha value is -2.89. The van der Waals surface area contributed by atoms with E-state index in [1.165, 1.54) is 5.69 Å². The number of hydrogen-bond acceptors (Lipinski definition) is 4. The first-order valence-corrected chi connectivity index (χ1v) is 9.53. The van der Waals surface area contributed by atoms with Crippen LogP contribution in [0.4, 0.5) is 11.4 Å². The van der Waals surface area contributed by atoms with Gasteiger partial charge in [0, 0.05) is 43.5 Å². The van der Waals surface area contributed by atoms with E-state index in [2.05, 4.69) is 46.4 Å². The molecular weight excluding hydrogens is 340 g/mol. The molecule has 2 aromatic carbocycles. The van der Waals surface area contributed by atoms with E-state index in [0.717, 1.165) is 43.1 Å². The second kappa shape index (κ2) is 9.71. The van der Waals surface area contributed by atoms with Crippen LogP contribution in [0, 0.1) is 0 Å². The van der Waals surface area contributed by atoms with Crippen molar-refractivity contribution in [2.45, 2.75) is 19.8 Å². The zero-order valence-corrected chi connectivity index (χ0v) is 15.9. The van der Waals surface area contributed by atoms with E-state index < -0.39 is 0 Å². The first kappa shape index (κ1) is 18.9. The molecule has 3 rings (SSSR count). The van der Waals surface area contributed by atoms with Gasteiger partial charge in [-0.25, -0.2) is 0 Å². The predicted octanol–water partition coefficient (Wildman–Crippen LogP) is 3.49. The molecule has 1 aliphatic rings. The van der Waals surface area contributed by atoms with Crippen LogP contribution < -0.4 is 25.4 Å². The SMILES string of the molecule is CCN(CCCN=C(N)Nc1ccc2c(c1)OCCCO2)c1ccccc1. The van der Waals surface area contributed by atoms with Gasteiger partial charge in [-0.05, 0) is 37.6 Å². The van der Waals surface area contributed by atoms with Gasteiger partial charge in [0.25, 0.3) is 0 Å². The lowest BCUT2D eigenvalue weighted by atomic mass is 10.2. The first-order chi connectivity index (χ1) is 13.3. The Labute approximate surface area is 161 Å². The summed E-state index contributed by atoms with van der Waals surface area (Å²) in [5, 5.41) is 3.12. The molecule has 0 aliphatic carbocycles. The van der Waals surface area contributed by atoms with E-state index in [4.69, 9.17) is 15.2 Å². The minimum atomic E-state index is 0.409. The second-order valence-electron chi connectivity index (χ2n) is 6.37. The fourth-order valence-electron chi connectivity index (χ4n) is 3.00. The summed E-state index contributed by atoms with van der Waals surface area (Å²) in [6.07, 6.45) is 1.82. The Kier molecular flexibility index (Phi) is 6.79. The van der Waals surface area contributed by atoms with E-state index in [1.807, 2.05) is 24.3 Å². The number of hydrogen-bond donors (Lipinski definition) is 2. The average Bonchev–Trinajstić information content (AvgIpc) is 2.94. The van der Waals surface area contributed by atoms with Crippen molar-refractivity contribution in [3.05, 3.63) is 48.5 Å². The summed E-state index contributed by atoms with van der Waals surface area (Å²) in [5.41, 5.74) is 8.11. The van der Waals surface area contributed by atoms with Gasteiger partial charge in [0.1, 0.15) is 0 Å². The molecule has 6 nitrogen and oxygen atoms in total. The van der Waals surface area contributed by atoms with Crippen molar-refractivity contribution in [3.8, 4) is 11.5 Å². The molecule has 0 bridgehead atoms. The van der Waals surface area contributed by atoms with Crippen LogP contribution in [0.1, 0.15) is 19.8 Å². The summed E-state index contributed by atoms with van der Waals surface area (Å²) in [6.45, 7) is 6.10. The summed E-state index contributed by atoms with van der Waals surface area (Å²) >= 11 is 0. The zero-order chi connectivity index (χ0) is 18.9. The normalized spacial score (nSPS) is 13.7. The summed E-state index contributed by atoms with van der Waals surface area (Å²) in [7, 11) is 0. The van der Waals surface area contributed by atoms with Gasteiger partial charge < -0.3 is 25.4 Å². The Morgan fingerprint density at radius 2 is 1.89 bits per heavy atom. The molecule has 1 aliphatic heterocycles. The van der Waals surface area contributed by atoms with Crippen molar-refractivity contribution in [1.82, 2.24) is 0 Å². The standard InChI is InChI=1S/C21H28N4O2/c1-2-25(18-8-4-3-5-9-18)13-6-12-23-21(22)24-17-10-11-19-20(16-17)27-15-7-14-26-19/h3-5,8-11,16H,2,6-7,12-15H2,1H3,(H3,22,23,24). The van der Waals surface area contributed by atoms with E-state index in [9.17, 15) is 0 Å². The van der Waals surface area contributed by atoms with E-state index in [1.54, 1.807) is 0 Å². The number of fused-ring (bicyclic) bond motifs is 1. The van der Waals surface area contributed by atoms with Crippen LogP contribution in [0.25, 0.3) is 0 Å². The molecule has 144 valence electrons. The molecule has 0 unspecified atom stereocenters. The van der Waals surface area contributed by atoms with Gasteiger partial charge in [-0.1, -0.05) is 18.2 Å². The molecule has 0 amide bonds. The lowest BCUT2D eigenvalue weighted by Gasteiger charge is -2.22. The van der Waals surface area contributed by atoms with Gasteiger partial charge in [-0.3, -0.25) is 4.99 Å². The molecule has 2 aromatic rings. The van der Waals surface area contributed by atoms with Gasteiger partial charge in [0.2, 0.25) is 0 Å². The minimum Gasteiger partial charge on any atom is -0.490 e. The van der Waals surface area contributed by atoms with Gasteiger partial charge in [0.15, 0.2) is 17.5 Å². The van der Waals surface area contributed by atoms with Gasteiger partial charge in [-0.2, -0.15) is 0 Å². The lowest BCUT2D eigenvalue weighted by molar-refractivity contribution is 0.297. The smallest absolute Gasteiger partial charge is 0.193 e. The average molecular weight is 368 g/mol. The van der Waals surface area contributed by atoms with Crippen LogP contribution in [0.15, 0.2) is 53.5 Å². The van der Waals surface area contributed by atoms with Crippen LogP contribution in [0.2, 0.25) is 0 Å². The first-order valence-electron chi connectivity index (χ1n) is 9.53. The summed E-state index contributed by atoms with van der Waals surface area (Å²) < 4.78 is 11.3. The minimum absolute atomic E-state index is 0.409. The number of ether oxygens (including phenoxy) is 2. The molecule has 0 fully saturated rings. The van der Waals surface area contributed by atoms with Gasteiger partial charge in [0.05, 0.1) is 13.2 Å². The van der Waals surface area contributed by atoms with Crippen LogP contribution in [0.3, 0.4) is 0 Å². The summed E-state index contributed by atoms with van der Waals surface area (Å²) in [5.74, 6) is 1.92. The highest BCUT2D eigenvalue weighted by molar-refractivity contribution is 5.92. The highest BCUT2D eigenvalue weighted by Crippen LogP contribution is 2.32. The molecule has 0 aromatic heterocycles. The topological polar surface area (TPSA) is 72.1 Å². The number of anilines is 2. The fourth-order valence-corrected chi connectivity index (χ4v) is 3.00. The zero-order valence-electron chi connectivity index (χ0n) is 15.9. The molecule has 0 radical (unpaired) electrons. The third-order valence-corrected chi connectivity index (χ3v) is 4.39. The van der Waals surface area contributed by atoms with Gasteiger partial charge >= 0.3 is 0 Å². The van der Waals surface area contributed by atoms with E-state index in [0.29, 0.717) is 25.7 Å². The number of nitrogens with one attached hydrogen (secondary N) is 1. The van der Waals surface area contributed by atoms with Gasteiger partial charge in [-0.15, -0.1) is 0 Å². The van der Waals surface area contributed by atoms with E-state index >= 15 is 0 Å². The largest absolute Gasteiger partial charge is 0.490 e. The molecule has 3 N–H and O–H groups in total. The number of guanidine groups is 1. The molecule has 0 atom stereocenters. The molecule has 27 heavy (non-hydrogen) atoms. The monoisotopic (exact) mass is 368 g/mol. The van der Waals surface area contributed by atoms with Crippen LogP contribution >= 0.6 is 0 Å². The molecular formula is C21H28N4O2. The highest BCUT2D eigenvalue weighted by atomic mass is 16.5. The third-order valence-electron chi connectivity index (χ3n) is 4.39. The highest BCUT2D eigenvalue weighted by Gasteiger charge is 2.11. The Bertz CT molecular complexity index is 749. The second-order valence-corrected chi connectivity index (χ2v) is 6.37. The molecule has 0 saturated heterocycles. The molecule has 6 heteroatoms. The van der Waals surface area contributed by atoms with E-state index in [-0.39, 0.29) is 0 Å². The quantitative estimate of drug-likeness (QED) is 0.445. The number of aliphatic imine (C=N–C) groups is 1. The van der Waals surface area contributed by atoms with Crippen molar-refractivity contribution < 1.29 is 9.47 Å². The predicted molar refractivity (Wildman–Crippen MR) is 111 cm³/mol. The third kappa shape index (κ3) is 5.54. The Morgan fingerprint density at radius 3 is 2.67 bits per heavy atom. The molecule has 1 heterocycles. The Balaban J connectivity index is 1.49. The maximum atomic E-state index is 6.03. The van der Waals surface area contributed by atoms with Crippen molar-refractivity contribution in [1.29, 1.82) is 0 Å². The van der Waals surface area contributed by atoms with Crippen LogP contribution in [0.5, 0.6) is 11.5 Å². The van der Waals surface area contributed by atoms with Crippen LogP contribution in [-0.2, 0) is 0 Å². The number of nitrogens with two attached hydrogens (primary N) is 1. The summed E-state index contributed by atoms with van der Waals surface area (Å²) in [4.78, 5) is 6.77. The number of nitrogens with zero attached hydrogens (tertiary/aromatic N) is 2. The molecule has 0 saturated carbocycles. The van der Waals surface area contributed by atoms with Crippen molar-refractivity contribution >= 4 is 17.3 Å². The number of para-hydroxylation sites is 1. The summed E-state index contributed by atoms with van der Waals surface area (Å²) in [6, 6.07) is 16.1. The fraction of sp³-hybridized carbons (Fsp3) is 0.381. The maximum absolute atomic E-state index is 6.03. The Morgan fingerprint density at radius 1 is 1.11 bits per heavy atom. The van der Waals surface area contributed by atoms with Crippen LogP contribution in [-0.4, -0.2) is 38.8 Å². The van der Waals surface area contributed by atoms with Crippen molar-refractivity contribution in [2.75, 3.05) is 43.1 Å². The number of rotatable bonds is 7. The maximum Gasteiger partial charge on any atom is 0.193 e. The molecule has 0 spiro atoms. The lowest BCUT2D eigenvalue weighted by Crippen LogP contribution is -2.26. The number of benzene rings is 2.